The molecule has 1 unspecified atom stereocenters. The number of nitrogens with one attached hydrogen (secondary N) is 2. The van der Waals surface area contributed by atoms with Crippen LogP contribution in [0.1, 0.15) is 31.9 Å². The zero-order valence-corrected chi connectivity index (χ0v) is 13.9. The van der Waals surface area contributed by atoms with Gasteiger partial charge in [0.25, 0.3) is 5.91 Å². The van der Waals surface area contributed by atoms with Crippen LogP contribution in [0.2, 0.25) is 0 Å². The minimum Gasteiger partial charge on any atom is -0.483 e. The molecule has 0 radical (unpaired) electrons. The van der Waals surface area contributed by atoms with Gasteiger partial charge < -0.3 is 15.4 Å². The standard InChI is InChI=1S/C15H20BrN3O2/c1-3-18-11(2)13-6-5-12(16)9-14(13)21-10-15(20)19-8-4-7-17/h5-6,9,11,18H,3-4,8,10H2,1-2H3,(H,19,20). The molecule has 0 aliphatic heterocycles. The summed E-state index contributed by atoms with van der Waals surface area (Å²) in [5.74, 6) is 0.445. The highest BCUT2D eigenvalue weighted by molar-refractivity contribution is 9.10. The maximum atomic E-state index is 11.6. The van der Waals surface area contributed by atoms with Crippen LogP contribution in [-0.4, -0.2) is 25.6 Å². The van der Waals surface area contributed by atoms with Crippen molar-refractivity contribution < 1.29 is 9.53 Å². The highest BCUT2D eigenvalue weighted by Gasteiger charge is 2.12. The van der Waals surface area contributed by atoms with Crippen molar-refractivity contribution in [1.82, 2.24) is 10.6 Å². The first-order valence-electron chi connectivity index (χ1n) is 6.87. The minimum atomic E-state index is -0.229. The van der Waals surface area contributed by atoms with Crippen molar-refractivity contribution in [2.24, 2.45) is 0 Å². The molecule has 0 fully saturated rings. The number of nitrogens with zero attached hydrogens (tertiary/aromatic N) is 1. The second-order valence-electron chi connectivity index (χ2n) is 4.51. The highest BCUT2D eigenvalue weighted by atomic mass is 79.9. The fraction of sp³-hybridized carbons (Fsp3) is 0.467. The molecule has 0 saturated heterocycles. The molecular weight excluding hydrogens is 334 g/mol. The fourth-order valence-corrected chi connectivity index (χ4v) is 2.20. The van der Waals surface area contributed by atoms with Crippen LogP contribution >= 0.6 is 15.9 Å². The Bertz CT molecular complexity index is 514. The number of carbonyl (C=O) groups excluding carboxylic acids is 1. The monoisotopic (exact) mass is 353 g/mol. The summed E-state index contributed by atoms with van der Waals surface area (Å²) < 4.78 is 6.51. The average Bonchev–Trinajstić information content (AvgIpc) is 2.45. The van der Waals surface area contributed by atoms with Crippen LogP contribution in [0, 0.1) is 11.3 Å². The summed E-state index contributed by atoms with van der Waals surface area (Å²) in [5, 5.41) is 14.4. The third-order valence-corrected chi connectivity index (χ3v) is 3.36. The Morgan fingerprint density at radius 1 is 1.52 bits per heavy atom. The second kappa shape index (κ2) is 9.37. The summed E-state index contributed by atoms with van der Waals surface area (Å²) in [7, 11) is 0. The second-order valence-corrected chi connectivity index (χ2v) is 5.42. The Morgan fingerprint density at radius 2 is 2.29 bits per heavy atom. The first-order chi connectivity index (χ1) is 10.1. The summed E-state index contributed by atoms with van der Waals surface area (Å²) in [4.78, 5) is 11.6. The van der Waals surface area contributed by atoms with Crippen LogP contribution < -0.4 is 15.4 Å². The normalized spacial score (nSPS) is 11.5. The van der Waals surface area contributed by atoms with E-state index in [1.165, 1.54) is 0 Å². The van der Waals surface area contributed by atoms with E-state index in [9.17, 15) is 4.79 Å². The van der Waals surface area contributed by atoms with Gasteiger partial charge in [-0.3, -0.25) is 4.79 Å². The third kappa shape index (κ3) is 6.15. The van der Waals surface area contributed by atoms with Gasteiger partial charge in [0, 0.05) is 22.6 Å². The summed E-state index contributed by atoms with van der Waals surface area (Å²) in [6, 6.07) is 7.88. The topological polar surface area (TPSA) is 74.2 Å². The smallest absolute Gasteiger partial charge is 0.257 e. The SMILES string of the molecule is CCNC(C)c1ccc(Br)cc1OCC(=O)NCCC#N. The minimum absolute atomic E-state index is 0.0618. The predicted molar refractivity (Wildman–Crippen MR) is 85.0 cm³/mol. The molecular formula is C15H20BrN3O2. The number of rotatable bonds is 8. The van der Waals surface area contributed by atoms with Crippen LogP contribution in [0.4, 0.5) is 0 Å². The molecule has 0 bridgehead atoms. The van der Waals surface area contributed by atoms with Gasteiger partial charge in [-0.2, -0.15) is 5.26 Å². The summed E-state index contributed by atoms with van der Waals surface area (Å²) in [6.07, 6.45) is 0.297. The van der Waals surface area contributed by atoms with E-state index in [1.54, 1.807) is 0 Å². The van der Waals surface area contributed by atoms with Crippen LogP contribution in [0.3, 0.4) is 0 Å². The van der Waals surface area contributed by atoms with E-state index in [0.29, 0.717) is 18.7 Å². The van der Waals surface area contributed by atoms with E-state index in [4.69, 9.17) is 10.00 Å². The Morgan fingerprint density at radius 3 is 2.95 bits per heavy atom. The molecule has 21 heavy (non-hydrogen) atoms. The lowest BCUT2D eigenvalue weighted by Crippen LogP contribution is -2.30. The molecule has 0 spiro atoms. The number of ether oxygens (including phenoxy) is 1. The summed E-state index contributed by atoms with van der Waals surface area (Å²) in [5.41, 5.74) is 1.00. The van der Waals surface area contributed by atoms with Crippen LogP contribution in [0.5, 0.6) is 5.75 Å². The Hall–Kier alpha value is -1.58. The van der Waals surface area contributed by atoms with Crippen molar-refractivity contribution in [2.75, 3.05) is 19.7 Å². The molecule has 0 saturated carbocycles. The Labute approximate surface area is 133 Å². The number of carbonyl (C=O) groups is 1. The number of amides is 1. The summed E-state index contributed by atoms with van der Waals surface area (Å²) >= 11 is 3.41. The fourth-order valence-electron chi connectivity index (χ4n) is 1.86. The van der Waals surface area contributed by atoms with Gasteiger partial charge in [0.05, 0.1) is 12.5 Å². The lowest BCUT2D eigenvalue weighted by molar-refractivity contribution is -0.123. The van der Waals surface area contributed by atoms with Gasteiger partial charge in [-0.15, -0.1) is 0 Å². The lowest BCUT2D eigenvalue weighted by Gasteiger charge is -2.18. The zero-order chi connectivity index (χ0) is 15.7. The van der Waals surface area contributed by atoms with Crippen molar-refractivity contribution in [1.29, 1.82) is 5.26 Å². The molecule has 0 heterocycles. The first kappa shape index (κ1) is 17.5. The molecule has 1 amide bonds. The number of benzene rings is 1. The molecule has 0 aliphatic carbocycles. The Balaban J connectivity index is 2.66. The van der Waals surface area contributed by atoms with E-state index in [1.807, 2.05) is 38.1 Å². The van der Waals surface area contributed by atoms with Crippen LogP contribution in [0.15, 0.2) is 22.7 Å². The quantitative estimate of drug-likeness (QED) is 0.704. The van der Waals surface area contributed by atoms with Crippen LogP contribution in [0.25, 0.3) is 0 Å². The van der Waals surface area contributed by atoms with Crippen molar-refractivity contribution in [2.45, 2.75) is 26.3 Å². The highest BCUT2D eigenvalue weighted by Crippen LogP contribution is 2.28. The van der Waals surface area contributed by atoms with E-state index < -0.39 is 0 Å². The van der Waals surface area contributed by atoms with Gasteiger partial charge in [-0.1, -0.05) is 28.9 Å². The van der Waals surface area contributed by atoms with Crippen molar-refractivity contribution in [3.63, 3.8) is 0 Å². The molecule has 114 valence electrons. The summed E-state index contributed by atoms with van der Waals surface area (Å²) in [6.45, 7) is 5.22. The number of halogens is 1. The van der Waals surface area contributed by atoms with Gasteiger partial charge in [0.15, 0.2) is 6.61 Å². The third-order valence-electron chi connectivity index (χ3n) is 2.87. The molecule has 5 nitrogen and oxygen atoms in total. The average molecular weight is 354 g/mol. The largest absolute Gasteiger partial charge is 0.483 e. The van der Waals surface area contributed by atoms with Gasteiger partial charge in [0.2, 0.25) is 0 Å². The maximum Gasteiger partial charge on any atom is 0.257 e. The molecule has 0 aliphatic rings. The molecule has 1 aromatic carbocycles. The number of hydrogen-bond acceptors (Lipinski definition) is 4. The molecule has 1 aromatic rings. The van der Waals surface area contributed by atoms with Crippen LogP contribution in [-0.2, 0) is 4.79 Å². The maximum absolute atomic E-state index is 11.6. The zero-order valence-electron chi connectivity index (χ0n) is 12.3. The van der Waals surface area contributed by atoms with E-state index >= 15 is 0 Å². The molecule has 1 atom stereocenters. The lowest BCUT2D eigenvalue weighted by atomic mass is 10.1. The van der Waals surface area contributed by atoms with Gasteiger partial charge >= 0.3 is 0 Å². The van der Waals surface area contributed by atoms with Gasteiger partial charge in [0.1, 0.15) is 5.75 Å². The molecule has 2 N–H and O–H groups in total. The van der Waals surface area contributed by atoms with Crippen molar-refractivity contribution in [3.05, 3.63) is 28.2 Å². The van der Waals surface area contributed by atoms with Gasteiger partial charge in [-0.25, -0.2) is 0 Å². The predicted octanol–water partition coefficient (Wildman–Crippen LogP) is 2.53. The van der Waals surface area contributed by atoms with Crippen molar-refractivity contribution in [3.8, 4) is 11.8 Å². The van der Waals surface area contributed by atoms with E-state index in [-0.39, 0.29) is 18.6 Å². The molecule has 1 rings (SSSR count). The molecule has 6 heteroatoms. The van der Waals surface area contributed by atoms with E-state index in [0.717, 1.165) is 16.6 Å². The van der Waals surface area contributed by atoms with Gasteiger partial charge in [-0.05, 0) is 25.6 Å². The Kier molecular flexibility index (Phi) is 7.80. The van der Waals surface area contributed by atoms with E-state index in [2.05, 4.69) is 26.6 Å². The number of nitriles is 1. The molecule has 0 aromatic heterocycles. The van der Waals surface area contributed by atoms with Crippen molar-refractivity contribution >= 4 is 21.8 Å². The number of hydrogen-bond donors (Lipinski definition) is 2. The first-order valence-corrected chi connectivity index (χ1v) is 7.67.